The Morgan fingerprint density at radius 1 is 1.00 bits per heavy atom. The third-order valence-electron chi connectivity index (χ3n) is 3.03. The highest BCUT2D eigenvalue weighted by Crippen LogP contribution is 2.32. The van der Waals surface area contributed by atoms with Gasteiger partial charge in [-0.05, 0) is 31.2 Å². The number of imide groups is 1. The lowest BCUT2D eigenvalue weighted by Gasteiger charge is -2.14. The number of hydrogen-bond donors (Lipinski definition) is 1. The molecule has 1 aliphatic rings. The number of benzene rings is 1. The summed E-state index contributed by atoms with van der Waals surface area (Å²) in [6.45, 7) is 1.71. The van der Waals surface area contributed by atoms with Crippen molar-refractivity contribution in [3.63, 3.8) is 0 Å². The van der Waals surface area contributed by atoms with Crippen LogP contribution < -0.4 is 4.90 Å². The van der Waals surface area contributed by atoms with Crippen LogP contribution in [-0.2, 0) is 0 Å². The first-order valence-electron chi connectivity index (χ1n) is 5.74. The summed E-state index contributed by atoms with van der Waals surface area (Å²) in [6, 6.07) is 9.72. The van der Waals surface area contributed by atoms with Gasteiger partial charge in [0.15, 0.2) is 0 Å². The van der Waals surface area contributed by atoms with Gasteiger partial charge in [0.25, 0.3) is 11.8 Å². The first kappa shape index (κ1) is 11.4. The average Bonchev–Trinajstić information content (AvgIpc) is 2.64. The second kappa shape index (κ2) is 3.91. The van der Waals surface area contributed by atoms with Crippen molar-refractivity contribution in [3.8, 4) is 5.88 Å². The van der Waals surface area contributed by atoms with Crippen LogP contribution in [0.3, 0.4) is 0 Å². The van der Waals surface area contributed by atoms with E-state index < -0.39 is 11.8 Å². The molecule has 0 fully saturated rings. The number of carbonyl (C=O) groups is 2. The Morgan fingerprint density at radius 3 is 2.11 bits per heavy atom. The van der Waals surface area contributed by atoms with E-state index in [1.54, 1.807) is 37.3 Å². The smallest absolute Gasteiger partial charge is 0.266 e. The third-order valence-corrected chi connectivity index (χ3v) is 3.03. The molecule has 0 saturated carbocycles. The van der Waals surface area contributed by atoms with Crippen molar-refractivity contribution >= 4 is 17.5 Å². The Morgan fingerprint density at radius 2 is 1.58 bits per heavy atom. The van der Waals surface area contributed by atoms with Gasteiger partial charge in [0.05, 0.1) is 11.1 Å². The van der Waals surface area contributed by atoms with Crippen LogP contribution in [-0.4, -0.2) is 21.9 Å². The fraction of sp³-hybridized carbons (Fsp3) is 0.0714. The topological polar surface area (TPSA) is 70.5 Å². The number of anilines is 1. The van der Waals surface area contributed by atoms with Crippen LogP contribution >= 0.6 is 0 Å². The van der Waals surface area contributed by atoms with E-state index in [2.05, 4.69) is 4.98 Å². The summed E-state index contributed by atoms with van der Waals surface area (Å²) in [5, 5.41) is 9.81. The van der Waals surface area contributed by atoms with Crippen molar-refractivity contribution < 1.29 is 14.7 Å². The van der Waals surface area contributed by atoms with Crippen molar-refractivity contribution in [1.82, 2.24) is 4.98 Å². The molecule has 19 heavy (non-hydrogen) atoms. The molecule has 5 heteroatoms. The van der Waals surface area contributed by atoms with Crippen molar-refractivity contribution in [1.29, 1.82) is 0 Å². The van der Waals surface area contributed by atoms with Crippen LogP contribution in [0.25, 0.3) is 0 Å². The molecule has 1 aromatic carbocycles. The lowest BCUT2D eigenvalue weighted by molar-refractivity contribution is 0.0925. The molecule has 5 nitrogen and oxygen atoms in total. The number of nitrogens with zero attached hydrogens (tertiary/aromatic N) is 2. The monoisotopic (exact) mass is 254 g/mol. The Balaban J connectivity index is 2.14. The minimum Gasteiger partial charge on any atom is -0.492 e. The molecule has 1 aliphatic heterocycles. The predicted molar refractivity (Wildman–Crippen MR) is 68.2 cm³/mol. The van der Waals surface area contributed by atoms with Crippen LogP contribution in [0.1, 0.15) is 26.4 Å². The van der Waals surface area contributed by atoms with Gasteiger partial charge in [0, 0.05) is 5.69 Å². The van der Waals surface area contributed by atoms with Gasteiger partial charge >= 0.3 is 0 Å². The van der Waals surface area contributed by atoms with Crippen LogP contribution in [0.15, 0.2) is 36.4 Å². The maximum Gasteiger partial charge on any atom is 0.266 e. The van der Waals surface area contributed by atoms with Gasteiger partial charge in [0.2, 0.25) is 5.88 Å². The number of pyridine rings is 1. The summed E-state index contributed by atoms with van der Waals surface area (Å²) in [7, 11) is 0. The van der Waals surface area contributed by atoms with E-state index in [1.807, 2.05) is 0 Å². The molecule has 0 unspecified atom stereocenters. The zero-order chi connectivity index (χ0) is 13.6. The molecule has 0 atom stereocenters. The highest BCUT2D eigenvalue weighted by molar-refractivity contribution is 6.34. The fourth-order valence-corrected chi connectivity index (χ4v) is 2.12. The van der Waals surface area contributed by atoms with Crippen LogP contribution in [0.5, 0.6) is 5.88 Å². The van der Waals surface area contributed by atoms with Crippen LogP contribution in [0, 0.1) is 6.92 Å². The number of aryl methyl sites for hydroxylation is 1. The molecule has 0 aliphatic carbocycles. The number of rotatable bonds is 1. The molecule has 2 heterocycles. The molecule has 0 radical (unpaired) electrons. The van der Waals surface area contributed by atoms with Crippen molar-refractivity contribution in [2.24, 2.45) is 0 Å². The zero-order valence-electron chi connectivity index (χ0n) is 10.1. The Kier molecular flexibility index (Phi) is 2.35. The van der Waals surface area contributed by atoms with Crippen LogP contribution in [0.2, 0.25) is 0 Å². The van der Waals surface area contributed by atoms with Gasteiger partial charge in [-0.15, -0.1) is 0 Å². The number of aromatic nitrogens is 1. The molecule has 3 rings (SSSR count). The normalized spacial score (nSPS) is 13.8. The summed E-state index contributed by atoms with van der Waals surface area (Å²) >= 11 is 0. The van der Waals surface area contributed by atoms with Crippen molar-refractivity contribution in [3.05, 3.63) is 53.2 Å². The summed E-state index contributed by atoms with van der Waals surface area (Å²) in [5.74, 6) is -1.21. The lowest BCUT2D eigenvalue weighted by Crippen LogP contribution is -2.29. The zero-order valence-corrected chi connectivity index (χ0v) is 10.1. The predicted octanol–water partition coefficient (Wildman–Crippen LogP) is 1.90. The van der Waals surface area contributed by atoms with Gasteiger partial charge in [-0.25, -0.2) is 9.88 Å². The van der Waals surface area contributed by atoms with E-state index in [0.29, 0.717) is 16.8 Å². The minimum absolute atomic E-state index is 0.108. The molecule has 0 spiro atoms. The van der Waals surface area contributed by atoms with Gasteiger partial charge < -0.3 is 5.11 Å². The average molecular weight is 254 g/mol. The second-order valence-electron chi connectivity index (χ2n) is 4.29. The van der Waals surface area contributed by atoms with E-state index in [0.717, 1.165) is 4.90 Å². The molecule has 1 N–H and O–H groups in total. The molecule has 2 aromatic rings. The molecule has 0 bridgehead atoms. The second-order valence-corrected chi connectivity index (χ2v) is 4.29. The molecule has 1 aromatic heterocycles. The van der Waals surface area contributed by atoms with E-state index in [4.69, 9.17) is 0 Å². The number of carbonyl (C=O) groups excluding carboxylic acids is 2. The van der Waals surface area contributed by atoms with E-state index in [9.17, 15) is 14.7 Å². The van der Waals surface area contributed by atoms with Crippen molar-refractivity contribution in [2.75, 3.05) is 4.90 Å². The maximum atomic E-state index is 12.2. The third kappa shape index (κ3) is 1.59. The maximum absolute atomic E-state index is 12.2. The molecular formula is C14H10N2O3. The summed E-state index contributed by atoms with van der Waals surface area (Å²) in [4.78, 5) is 29.2. The van der Waals surface area contributed by atoms with Gasteiger partial charge in [0.1, 0.15) is 5.69 Å². The van der Waals surface area contributed by atoms with E-state index in [-0.39, 0.29) is 11.6 Å². The number of hydrogen-bond acceptors (Lipinski definition) is 4. The summed E-state index contributed by atoms with van der Waals surface area (Å²) < 4.78 is 0. The molecule has 2 amide bonds. The highest BCUT2D eigenvalue weighted by Gasteiger charge is 2.37. The number of fused-ring (bicyclic) bond motifs is 1. The summed E-state index contributed by atoms with van der Waals surface area (Å²) in [5.41, 5.74) is 1.40. The van der Waals surface area contributed by atoms with Crippen molar-refractivity contribution in [2.45, 2.75) is 6.92 Å². The number of aromatic hydroxyl groups is 1. The molecular weight excluding hydrogens is 244 g/mol. The first-order valence-corrected chi connectivity index (χ1v) is 5.74. The largest absolute Gasteiger partial charge is 0.492 e. The van der Waals surface area contributed by atoms with E-state index >= 15 is 0 Å². The molecule has 94 valence electrons. The highest BCUT2D eigenvalue weighted by atomic mass is 16.3. The number of amides is 2. The molecule has 0 saturated heterocycles. The first-order chi connectivity index (χ1) is 9.09. The van der Waals surface area contributed by atoms with E-state index in [1.165, 1.54) is 6.07 Å². The van der Waals surface area contributed by atoms with Crippen LogP contribution in [0.4, 0.5) is 5.69 Å². The quantitative estimate of drug-likeness (QED) is 0.789. The fourth-order valence-electron chi connectivity index (χ4n) is 2.12. The lowest BCUT2D eigenvalue weighted by atomic mass is 10.1. The van der Waals surface area contributed by atoms with Gasteiger partial charge in [-0.1, -0.05) is 12.1 Å². The standard InChI is InChI=1S/C14H10N2O3/c1-8-6-7-11(12(17)15-8)16-13(18)9-4-2-3-5-10(9)14(16)19/h2-7H,1H3,(H,15,17). The Labute approximate surface area is 109 Å². The minimum atomic E-state index is -0.443. The Hall–Kier alpha value is -2.69. The summed E-state index contributed by atoms with van der Waals surface area (Å²) in [6.07, 6.45) is 0. The Bertz CT molecular complexity index is 675. The SMILES string of the molecule is Cc1ccc(N2C(=O)c3ccccc3C2=O)c(O)n1. The van der Waals surface area contributed by atoms with Gasteiger partial charge in [-0.3, -0.25) is 9.59 Å². The van der Waals surface area contributed by atoms with Gasteiger partial charge in [-0.2, -0.15) is 0 Å².